The lowest BCUT2D eigenvalue weighted by molar-refractivity contribution is -0.268. The average Bonchev–Trinajstić information content (AvgIpc) is 2.97. The minimum Gasteiger partial charge on any atom is -0.465 e. The molecular formula is C30H34N2O6S. The lowest BCUT2D eigenvalue weighted by Crippen LogP contribution is -2.38. The molecule has 4 atom stereocenters. The molecule has 2 amide bonds. The van der Waals surface area contributed by atoms with Crippen LogP contribution in [0.25, 0.3) is 0 Å². The standard InChI is InChI=1S/C30H34N2O6S/c1-3-36-27(34)17-31-30(35)32-24-15-13-23(14-16-24)29-37-26(19-39-25-7-5-4-6-8-25)20(2)28(38-29)22-11-9-21(18-33)10-12-22/h4-16,20,26,28-29,33H,3,17-19H2,1-2H3,(H2,31,32,35). The number of carbonyl (C=O) groups excluding carboxylic acids is 2. The monoisotopic (exact) mass is 550 g/mol. The molecule has 39 heavy (non-hydrogen) atoms. The molecule has 0 aliphatic carbocycles. The van der Waals surface area contributed by atoms with Crippen LogP contribution in [0, 0.1) is 5.92 Å². The first-order chi connectivity index (χ1) is 19.0. The molecule has 3 aromatic rings. The molecule has 1 aliphatic rings. The van der Waals surface area contributed by atoms with Crippen molar-refractivity contribution in [1.82, 2.24) is 5.32 Å². The normalized spacial score (nSPS) is 20.7. The van der Waals surface area contributed by atoms with Gasteiger partial charge in [-0.1, -0.05) is 61.5 Å². The van der Waals surface area contributed by atoms with E-state index in [0.717, 1.165) is 22.4 Å². The van der Waals surface area contributed by atoms with E-state index in [1.807, 2.05) is 54.6 Å². The number of nitrogens with one attached hydrogen (secondary N) is 2. The predicted molar refractivity (Wildman–Crippen MR) is 150 cm³/mol. The molecule has 1 saturated heterocycles. The number of amides is 2. The molecule has 4 unspecified atom stereocenters. The van der Waals surface area contributed by atoms with E-state index in [0.29, 0.717) is 5.69 Å². The molecule has 1 fully saturated rings. The fourth-order valence-corrected chi connectivity index (χ4v) is 5.36. The van der Waals surface area contributed by atoms with Gasteiger partial charge in [-0.05, 0) is 42.3 Å². The Kier molecular flexibility index (Phi) is 10.4. The second-order valence-corrected chi connectivity index (χ2v) is 10.3. The van der Waals surface area contributed by atoms with Gasteiger partial charge in [-0.25, -0.2) is 4.79 Å². The van der Waals surface area contributed by atoms with Crippen molar-refractivity contribution in [1.29, 1.82) is 0 Å². The van der Waals surface area contributed by atoms with E-state index in [-0.39, 0.29) is 37.9 Å². The lowest BCUT2D eigenvalue weighted by Gasteiger charge is -2.41. The Morgan fingerprint density at radius 2 is 1.64 bits per heavy atom. The van der Waals surface area contributed by atoms with Gasteiger partial charge < -0.3 is 30.0 Å². The van der Waals surface area contributed by atoms with E-state index in [9.17, 15) is 14.7 Å². The summed E-state index contributed by atoms with van der Waals surface area (Å²) in [6.07, 6.45) is -0.885. The van der Waals surface area contributed by atoms with E-state index in [1.165, 1.54) is 4.90 Å². The van der Waals surface area contributed by atoms with Crippen molar-refractivity contribution < 1.29 is 28.9 Å². The van der Waals surface area contributed by atoms with Gasteiger partial charge in [0.25, 0.3) is 0 Å². The van der Waals surface area contributed by atoms with Crippen LogP contribution in [0.2, 0.25) is 0 Å². The van der Waals surface area contributed by atoms with Gasteiger partial charge in [-0.3, -0.25) is 4.79 Å². The summed E-state index contributed by atoms with van der Waals surface area (Å²) in [4.78, 5) is 24.8. The third kappa shape index (κ3) is 8.06. The predicted octanol–water partition coefficient (Wildman–Crippen LogP) is 5.45. The highest BCUT2D eigenvalue weighted by atomic mass is 32.2. The van der Waals surface area contributed by atoms with Crippen LogP contribution in [0.3, 0.4) is 0 Å². The summed E-state index contributed by atoms with van der Waals surface area (Å²) < 4.78 is 17.8. The van der Waals surface area contributed by atoms with Crippen LogP contribution < -0.4 is 10.6 Å². The number of hydrogen-bond donors (Lipinski definition) is 3. The molecule has 3 aromatic carbocycles. The summed E-state index contributed by atoms with van der Waals surface area (Å²) in [5.74, 6) is 0.349. The lowest BCUT2D eigenvalue weighted by atomic mass is 9.91. The summed E-state index contributed by atoms with van der Waals surface area (Å²) in [5.41, 5.74) is 3.27. The second kappa shape index (κ2) is 14.1. The highest BCUT2D eigenvalue weighted by Crippen LogP contribution is 2.43. The summed E-state index contributed by atoms with van der Waals surface area (Å²) in [6.45, 7) is 3.89. The smallest absolute Gasteiger partial charge is 0.325 e. The van der Waals surface area contributed by atoms with Crippen molar-refractivity contribution in [3.8, 4) is 0 Å². The number of benzene rings is 3. The number of rotatable bonds is 10. The number of esters is 1. The quantitative estimate of drug-likeness (QED) is 0.228. The first kappa shape index (κ1) is 28.6. The maximum Gasteiger partial charge on any atom is 0.325 e. The van der Waals surface area contributed by atoms with E-state index < -0.39 is 18.3 Å². The molecule has 8 nitrogen and oxygen atoms in total. The van der Waals surface area contributed by atoms with E-state index in [1.54, 1.807) is 30.8 Å². The largest absolute Gasteiger partial charge is 0.465 e. The average molecular weight is 551 g/mol. The Bertz CT molecular complexity index is 1210. The summed E-state index contributed by atoms with van der Waals surface area (Å²) in [6, 6.07) is 24.8. The molecule has 0 spiro atoms. The molecule has 0 aromatic heterocycles. The van der Waals surface area contributed by atoms with Crippen LogP contribution in [0.15, 0.2) is 83.8 Å². The first-order valence-corrected chi connectivity index (χ1v) is 13.9. The number of aliphatic hydroxyl groups is 1. The van der Waals surface area contributed by atoms with Crippen molar-refractivity contribution in [3.63, 3.8) is 0 Å². The number of thioether (sulfide) groups is 1. The van der Waals surface area contributed by atoms with Gasteiger partial charge in [-0.15, -0.1) is 11.8 Å². The van der Waals surface area contributed by atoms with Crippen molar-refractivity contribution in [2.45, 2.75) is 43.8 Å². The SMILES string of the molecule is CCOC(=O)CNC(=O)Nc1ccc(C2OC(CSc3ccccc3)C(C)C(c3ccc(CO)cc3)O2)cc1. The third-order valence-electron chi connectivity index (χ3n) is 6.42. The highest BCUT2D eigenvalue weighted by molar-refractivity contribution is 7.99. The van der Waals surface area contributed by atoms with Crippen molar-refractivity contribution in [2.24, 2.45) is 5.92 Å². The molecule has 0 radical (unpaired) electrons. The third-order valence-corrected chi connectivity index (χ3v) is 7.52. The fourth-order valence-electron chi connectivity index (χ4n) is 4.27. The Morgan fingerprint density at radius 1 is 0.949 bits per heavy atom. The van der Waals surface area contributed by atoms with Crippen molar-refractivity contribution in [2.75, 3.05) is 24.2 Å². The number of hydrogen-bond acceptors (Lipinski definition) is 7. The Hall–Kier alpha value is -3.37. The molecular weight excluding hydrogens is 516 g/mol. The molecule has 0 bridgehead atoms. The minimum atomic E-state index is -0.600. The van der Waals surface area contributed by atoms with Crippen LogP contribution in [-0.4, -0.2) is 42.1 Å². The summed E-state index contributed by atoms with van der Waals surface area (Å²) in [5, 5.41) is 14.6. The molecule has 4 rings (SSSR count). The van der Waals surface area contributed by atoms with Gasteiger partial charge in [0.1, 0.15) is 6.54 Å². The van der Waals surface area contributed by atoms with E-state index in [4.69, 9.17) is 14.2 Å². The van der Waals surface area contributed by atoms with Crippen molar-refractivity contribution in [3.05, 3.63) is 95.6 Å². The van der Waals surface area contributed by atoms with E-state index >= 15 is 0 Å². The first-order valence-electron chi connectivity index (χ1n) is 13.0. The van der Waals surface area contributed by atoms with Crippen molar-refractivity contribution >= 4 is 29.4 Å². The zero-order valence-corrected chi connectivity index (χ0v) is 22.9. The molecule has 1 aliphatic heterocycles. The number of ether oxygens (including phenoxy) is 3. The molecule has 0 saturated carbocycles. The van der Waals surface area contributed by atoms with Gasteiger partial charge in [0, 0.05) is 27.8 Å². The van der Waals surface area contributed by atoms with Gasteiger partial charge in [0.05, 0.1) is 25.4 Å². The maximum atomic E-state index is 12.1. The number of urea groups is 1. The fraction of sp³-hybridized carbons (Fsp3) is 0.333. The van der Waals surface area contributed by atoms with Crippen LogP contribution in [-0.2, 0) is 25.6 Å². The van der Waals surface area contributed by atoms with Crippen LogP contribution in [0.4, 0.5) is 10.5 Å². The number of carbonyl (C=O) groups is 2. The maximum absolute atomic E-state index is 12.1. The Morgan fingerprint density at radius 3 is 2.31 bits per heavy atom. The van der Waals surface area contributed by atoms with Crippen LogP contribution in [0.1, 0.15) is 42.9 Å². The molecule has 3 N–H and O–H groups in total. The number of aliphatic hydroxyl groups excluding tert-OH is 1. The van der Waals surface area contributed by atoms with Gasteiger partial charge in [-0.2, -0.15) is 0 Å². The van der Waals surface area contributed by atoms with Gasteiger partial charge >= 0.3 is 12.0 Å². The summed E-state index contributed by atoms with van der Waals surface area (Å²) in [7, 11) is 0. The molecule has 9 heteroatoms. The van der Waals surface area contributed by atoms with E-state index in [2.05, 4.69) is 29.7 Å². The van der Waals surface area contributed by atoms with Crippen LogP contribution in [0.5, 0.6) is 0 Å². The Labute approximate surface area is 233 Å². The van der Waals surface area contributed by atoms with Crippen LogP contribution >= 0.6 is 11.8 Å². The zero-order valence-electron chi connectivity index (χ0n) is 22.0. The number of anilines is 1. The Balaban J connectivity index is 1.46. The highest BCUT2D eigenvalue weighted by Gasteiger charge is 2.38. The van der Waals surface area contributed by atoms with Gasteiger partial charge in [0.15, 0.2) is 6.29 Å². The molecule has 1 heterocycles. The topological polar surface area (TPSA) is 106 Å². The summed E-state index contributed by atoms with van der Waals surface area (Å²) >= 11 is 1.75. The molecule has 206 valence electrons. The van der Waals surface area contributed by atoms with Gasteiger partial charge in [0.2, 0.25) is 0 Å². The second-order valence-electron chi connectivity index (χ2n) is 9.18. The minimum absolute atomic E-state index is 0.00926. The zero-order chi connectivity index (χ0) is 27.6.